The van der Waals surface area contributed by atoms with E-state index in [0.29, 0.717) is 0 Å². The first-order chi connectivity index (χ1) is 9.04. The first-order valence-electron chi connectivity index (χ1n) is 6.36. The minimum atomic E-state index is 0.170. The Morgan fingerprint density at radius 3 is 2.58 bits per heavy atom. The number of hydrogen-bond acceptors (Lipinski definition) is 3. The minimum Gasteiger partial charge on any atom is -0.254 e. The molecule has 0 atom stereocenters. The van der Waals surface area contributed by atoms with E-state index in [-0.39, 0.29) is 5.41 Å². The topological polar surface area (TPSA) is 25.8 Å². The van der Waals surface area contributed by atoms with Crippen LogP contribution in [-0.2, 0) is 5.41 Å². The average Bonchev–Trinajstić information content (AvgIpc) is 2.81. The summed E-state index contributed by atoms with van der Waals surface area (Å²) in [6.07, 6.45) is 1.81. The zero-order chi connectivity index (χ0) is 13.5. The second kappa shape index (κ2) is 4.42. The van der Waals surface area contributed by atoms with Gasteiger partial charge in [-0.1, -0.05) is 32.9 Å². The van der Waals surface area contributed by atoms with Crippen LogP contribution in [-0.4, -0.2) is 9.97 Å². The van der Waals surface area contributed by atoms with Crippen molar-refractivity contribution in [2.24, 2.45) is 0 Å². The fourth-order valence-electron chi connectivity index (χ4n) is 1.99. The van der Waals surface area contributed by atoms with Gasteiger partial charge in [0.25, 0.3) is 0 Å². The summed E-state index contributed by atoms with van der Waals surface area (Å²) >= 11 is 1.71. The number of pyridine rings is 1. The Balaban J connectivity index is 2.12. The molecule has 0 amide bonds. The van der Waals surface area contributed by atoms with Gasteiger partial charge in [-0.25, -0.2) is 4.98 Å². The number of nitrogens with zero attached hydrogens (tertiary/aromatic N) is 2. The Kier molecular flexibility index (Phi) is 2.86. The lowest BCUT2D eigenvalue weighted by Crippen LogP contribution is -2.10. The van der Waals surface area contributed by atoms with Crippen LogP contribution in [0, 0.1) is 0 Å². The Morgan fingerprint density at radius 1 is 1.05 bits per heavy atom. The molecule has 2 nitrogen and oxygen atoms in total. The van der Waals surface area contributed by atoms with E-state index < -0.39 is 0 Å². The molecular formula is C16H16N2S. The van der Waals surface area contributed by atoms with Gasteiger partial charge in [0.05, 0.1) is 15.9 Å². The van der Waals surface area contributed by atoms with E-state index in [0.717, 1.165) is 16.2 Å². The lowest BCUT2D eigenvalue weighted by atomic mass is 9.87. The molecule has 96 valence electrons. The molecule has 0 unspecified atom stereocenters. The number of fused-ring (bicyclic) bond motifs is 1. The van der Waals surface area contributed by atoms with Crippen LogP contribution >= 0.6 is 11.3 Å². The number of thiazole rings is 1. The molecule has 0 saturated heterocycles. The monoisotopic (exact) mass is 268 g/mol. The number of aromatic nitrogens is 2. The van der Waals surface area contributed by atoms with Gasteiger partial charge in [0.1, 0.15) is 5.01 Å². The highest BCUT2D eigenvalue weighted by Crippen LogP contribution is 2.32. The summed E-state index contributed by atoms with van der Waals surface area (Å²) in [5, 5.41) is 0.988. The standard InChI is InChI=1S/C16H16N2S/c1-16(2,3)11-7-8-12-14(10-11)19-15(18-12)13-6-4-5-9-17-13/h4-10H,1-3H3. The van der Waals surface area contributed by atoms with Crippen LogP contribution in [0.3, 0.4) is 0 Å². The molecule has 2 heterocycles. The van der Waals surface area contributed by atoms with E-state index in [9.17, 15) is 0 Å². The van der Waals surface area contributed by atoms with Crippen LogP contribution in [0.2, 0.25) is 0 Å². The molecule has 0 aliphatic heterocycles. The van der Waals surface area contributed by atoms with Crippen LogP contribution in [0.1, 0.15) is 26.3 Å². The van der Waals surface area contributed by atoms with E-state index in [1.54, 1.807) is 11.3 Å². The highest BCUT2D eigenvalue weighted by Gasteiger charge is 2.15. The molecule has 0 N–H and O–H groups in total. The van der Waals surface area contributed by atoms with E-state index >= 15 is 0 Å². The third-order valence-corrected chi connectivity index (χ3v) is 4.18. The van der Waals surface area contributed by atoms with Gasteiger partial charge in [-0.3, -0.25) is 4.98 Å². The predicted octanol–water partition coefficient (Wildman–Crippen LogP) is 4.66. The molecule has 1 aromatic carbocycles. The summed E-state index contributed by atoms with van der Waals surface area (Å²) in [5.41, 5.74) is 3.51. The summed E-state index contributed by atoms with van der Waals surface area (Å²) in [6.45, 7) is 6.69. The van der Waals surface area contributed by atoms with Crippen LogP contribution < -0.4 is 0 Å². The molecule has 0 fully saturated rings. The summed E-state index contributed by atoms with van der Waals surface area (Å²) in [4.78, 5) is 9.03. The van der Waals surface area contributed by atoms with Gasteiger partial charge in [0, 0.05) is 6.20 Å². The van der Waals surface area contributed by atoms with Crippen molar-refractivity contribution in [3.63, 3.8) is 0 Å². The van der Waals surface area contributed by atoms with Gasteiger partial charge in [-0.05, 0) is 35.2 Å². The Bertz CT molecular complexity index is 708. The largest absolute Gasteiger partial charge is 0.254 e. The van der Waals surface area contributed by atoms with E-state index in [1.807, 2.05) is 24.4 Å². The second-order valence-corrected chi connectivity index (χ2v) is 6.70. The Labute approximate surface area is 117 Å². The maximum atomic E-state index is 4.66. The quantitative estimate of drug-likeness (QED) is 0.641. The van der Waals surface area contributed by atoms with E-state index in [1.165, 1.54) is 10.3 Å². The first-order valence-corrected chi connectivity index (χ1v) is 7.18. The van der Waals surface area contributed by atoms with Crippen molar-refractivity contribution >= 4 is 21.6 Å². The molecule has 0 aliphatic carbocycles. The van der Waals surface area contributed by atoms with Crippen LogP contribution in [0.25, 0.3) is 20.9 Å². The highest BCUT2D eigenvalue weighted by molar-refractivity contribution is 7.21. The van der Waals surface area contributed by atoms with Gasteiger partial charge in [0.15, 0.2) is 0 Å². The van der Waals surface area contributed by atoms with E-state index in [2.05, 4.69) is 48.9 Å². The zero-order valence-corrected chi connectivity index (χ0v) is 12.2. The van der Waals surface area contributed by atoms with Crippen molar-refractivity contribution in [2.45, 2.75) is 26.2 Å². The lowest BCUT2D eigenvalue weighted by molar-refractivity contribution is 0.591. The minimum absolute atomic E-state index is 0.170. The molecule has 0 aliphatic rings. The maximum absolute atomic E-state index is 4.66. The summed E-state index contributed by atoms with van der Waals surface area (Å²) < 4.78 is 1.23. The van der Waals surface area contributed by atoms with Crippen molar-refractivity contribution in [3.05, 3.63) is 48.2 Å². The van der Waals surface area contributed by atoms with Gasteiger partial charge >= 0.3 is 0 Å². The summed E-state index contributed by atoms with van der Waals surface area (Å²) in [6, 6.07) is 12.5. The third-order valence-electron chi connectivity index (χ3n) is 3.14. The first kappa shape index (κ1) is 12.3. The predicted molar refractivity (Wildman–Crippen MR) is 81.6 cm³/mol. The van der Waals surface area contributed by atoms with Gasteiger partial charge < -0.3 is 0 Å². The molecule has 0 saturated carbocycles. The van der Waals surface area contributed by atoms with Crippen molar-refractivity contribution in [2.75, 3.05) is 0 Å². The summed E-state index contributed by atoms with van der Waals surface area (Å²) in [7, 11) is 0. The van der Waals surface area contributed by atoms with Crippen molar-refractivity contribution < 1.29 is 0 Å². The maximum Gasteiger partial charge on any atom is 0.143 e. The smallest absolute Gasteiger partial charge is 0.143 e. The Morgan fingerprint density at radius 2 is 1.89 bits per heavy atom. The molecule has 0 radical (unpaired) electrons. The highest BCUT2D eigenvalue weighted by atomic mass is 32.1. The SMILES string of the molecule is CC(C)(C)c1ccc2nc(-c3ccccn3)sc2c1. The van der Waals surface area contributed by atoms with Crippen LogP contribution in [0.4, 0.5) is 0 Å². The van der Waals surface area contributed by atoms with Crippen molar-refractivity contribution in [1.29, 1.82) is 0 Å². The van der Waals surface area contributed by atoms with Gasteiger partial charge in [0.2, 0.25) is 0 Å². The Hall–Kier alpha value is -1.74. The van der Waals surface area contributed by atoms with Crippen LogP contribution in [0.5, 0.6) is 0 Å². The average molecular weight is 268 g/mol. The molecular weight excluding hydrogens is 252 g/mol. The fourth-order valence-corrected chi connectivity index (χ4v) is 2.97. The molecule has 2 aromatic heterocycles. The number of rotatable bonds is 1. The molecule has 3 rings (SSSR count). The normalized spacial score (nSPS) is 11.9. The molecule has 3 heteroatoms. The molecule has 3 aromatic rings. The molecule has 19 heavy (non-hydrogen) atoms. The molecule has 0 bridgehead atoms. The number of hydrogen-bond donors (Lipinski definition) is 0. The summed E-state index contributed by atoms with van der Waals surface area (Å²) in [5.74, 6) is 0. The second-order valence-electron chi connectivity index (χ2n) is 5.67. The molecule has 0 spiro atoms. The van der Waals surface area contributed by atoms with Crippen LogP contribution in [0.15, 0.2) is 42.6 Å². The third kappa shape index (κ3) is 2.38. The van der Waals surface area contributed by atoms with Gasteiger partial charge in [-0.2, -0.15) is 0 Å². The zero-order valence-electron chi connectivity index (χ0n) is 11.3. The van der Waals surface area contributed by atoms with Crippen molar-refractivity contribution in [3.8, 4) is 10.7 Å². The van der Waals surface area contributed by atoms with E-state index in [4.69, 9.17) is 0 Å². The number of benzene rings is 1. The lowest BCUT2D eigenvalue weighted by Gasteiger charge is -2.18. The van der Waals surface area contributed by atoms with Crippen molar-refractivity contribution in [1.82, 2.24) is 9.97 Å². The fraction of sp³-hybridized carbons (Fsp3) is 0.250. The van der Waals surface area contributed by atoms with Gasteiger partial charge in [-0.15, -0.1) is 11.3 Å².